The summed E-state index contributed by atoms with van der Waals surface area (Å²) in [5.74, 6) is -0.0361. The molecule has 1 aliphatic rings. The highest BCUT2D eigenvalue weighted by Gasteiger charge is 2.27. The van der Waals surface area contributed by atoms with Crippen molar-refractivity contribution < 1.29 is 18.0 Å². The zero-order valence-electron chi connectivity index (χ0n) is 13.6. The van der Waals surface area contributed by atoms with Gasteiger partial charge in [-0.15, -0.1) is 0 Å². The molecule has 0 aromatic heterocycles. The van der Waals surface area contributed by atoms with Crippen molar-refractivity contribution in [2.75, 3.05) is 25.1 Å². The standard InChI is InChI=1S/C14H27N3O4S/c1-11-7-4-5-9-17(11)13(18)12(2)16-14(19)15-8-6-10-22(3,20)21/h11-12H,4-10H2,1-3H3,(H2,15,16,19)/t11-,12+/m1/s1. The van der Waals surface area contributed by atoms with Crippen molar-refractivity contribution in [3.05, 3.63) is 0 Å². The van der Waals surface area contributed by atoms with Crippen LogP contribution >= 0.6 is 0 Å². The van der Waals surface area contributed by atoms with Crippen LogP contribution in [0.15, 0.2) is 0 Å². The van der Waals surface area contributed by atoms with Gasteiger partial charge in [-0.05, 0) is 39.5 Å². The van der Waals surface area contributed by atoms with Crippen LogP contribution in [0.25, 0.3) is 0 Å². The quantitative estimate of drug-likeness (QED) is 0.692. The van der Waals surface area contributed by atoms with Gasteiger partial charge in [-0.25, -0.2) is 13.2 Å². The molecule has 22 heavy (non-hydrogen) atoms. The Labute approximate surface area is 132 Å². The smallest absolute Gasteiger partial charge is 0.315 e. The summed E-state index contributed by atoms with van der Waals surface area (Å²) >= 11 is 0. The molecule has 0 aromatic carbocycles. The fraction of sp³-hybridized carbons (Fsp3) is 0.857. The number of hydrogen-bond donors (Lipinski definition) is 2. The number of amides is 3. The van der Waals surface area contributed by atoms with E-state index in [1.165, 1.54) is 0 Å². The van der Waals surface area contributed by atoms with E-state index in [1.54, 1.807) is 6.92 Å². The molecule has 3 amide bonds. The van der Waals surface area contributed by atoms with Crippen LogP contribution in [-0.4, -0.2) is 62.4 Å². The Morgan fingerprint density at radius 2 is 2.00 bits per heavy atom. The van der Waals surface area contributed by atoms with E-state index >= 15 is 0 Å². The van der Waals surface area contributed by atoms with E-state index in [4.69, 9.17) is 0 Å². The molecule has 1 saturated heterocycles. The number of carbonyl (C=O) groups excluding carboxylic acids is 2. The number of hydrogen-bond acceptors (Lipinski definition) is 4. The number of rotatable bonds is 6. The number of urea groups is 1. The maximum absolute atomic E-state index is 12.3. The zero-order chi connectivity index (χ0) is 16.8. The fourth-order valence-electron chi connectivity index (χ4n) is 2.52. The van der Waals surface area contributed by atoms with Crippen LogP contribution in [0.3, 0.4) is 0 Å². The summed E-state index contributed by atoms with van der Waals surface area (Å²) in [7, 11) is -3.01. The van der Waals surface area contributed by atoms with Crippen LogP contribution in [0.2, 0.25) is 0 Å². The summed E-state index contributed by atoms with van der Waals surface area (Å²) in [6.45, 7) is 4.69. The number of piperidine rings is 1. The molecule has 0 aromatic rings. The van der Waals surface area contributed by atoms with Crippen LogP contribution in [0.5, 0.6) is 0 Å². The highest BCUT2D eigenvalue weighted by molar-refractivity contribution is 7.90. The van der Waals surface area contributed by atoms with Gasteiger partial charge in [0.25, 0.3) is 0 Å². The maximum atomic E-state index is 12.3. The number of nitrogens with one attached hydrogen (secondary N) is 2. The summed E-state index contributed by atoms with van der Waals surface area (Å²) < 4.78 is 21.9. The summed E-state index contributed by atoms with van der Waals surface area (Å²) in [6.07, 6.45) is 4.65. The van der Waals surface area contributed by atoms with E-state index in [0.717, 1.165) is 32.1 Å². The van der Waals surface area contributed by atoms with E-state index in [9.17, 15) is 18.0 Å². The first-order valence-electron chi connectivity index (χ1n) is 7.73. The Morgan fingerprint density at radius 1 is 1.32 bits per heavy atom. The minimum absolute atomic E-state index is 0.0348. The Morgan fingerprint density at radius 3 is 2.59 bits per heavy atom. The van der Waals surface area contributed by atoms with Crippen LogP contribution in [0.4, 0.5) is 4.79 Å². The molecule has 128 valence electrons. The average Bonchev–Trinajstić information content (AvgIpc) is 2.42. The Kier molecular flexibility index (Phi) is 7.12. The molecule has 1 fully saturated rings. The molecule has 0 aliphatic carbocycles. The molecule has 7 nitrogen and oxygen atoms in total. The van der Waals surface area contributed by atoms with Crippen LogP contribution in [0, 0.1) is 0 Å². The third-order valence-electron chi connectivity index (χ3n) is 3.78. The second-order valence-electron chi connectivity index (χ2n) is 5.98. The SMILES string of the molecule is C[C@H](NC(=O)NCCCS(C)(=O)=O)C(=O)N1CCCC[C@H]1C. The number of nitrogens with zero attached hydrogens (tertiary/aromatic N) is 1. The largest absolute Gasteiger partial charge is 0.338 e. The summed E-state index contributed by atoms with van der Waals surface area (Å²) in [4.78, 5) is 25.8. The van der Waals surface area contributed by atoms with Crippen LogP contribution in [-0.2, 0) is 14.6 Å². The lowest BCUT2D eigenvalue weighted by molar-refractivity contribution is -0.136. The third-order valence-corrected chi connectivity index (χ3v) is 4.81. The molecule has 2 atom stereocenters. The predicted molar refractivity (Wildman–Crippen MR) is 85.4 cm³/mol. The first-order chi connectivity index (χ1) is 10.2. The lowest BCUT2D eigenvalue weighted by atomic mass is 10.0. The van der Waals surface area contributed by atoms with Gasteiger partial charge in [-0.2, -0.15) is 0 Å². The first kappa shape index (κ1) is 18.7. The van der Waals surface area contributed by atoms with Gasteiger partial charge in [0, 0.05) is 25.4 Å². The highest BCUT2D eigenvalue weighted by atomic mass is 32.2. The van der Waals surface area contributed by atoms with Crippen LogP contribution in [0.1, 0.15) is 39.5 Å². The lowest BCUT2D eigenvalue weighted by Crippen LogP contribution is -2.53. The van der Waals surface area contributed by atoms with Crippen molar-refractivity contribution in [1.29, 1.82) is 0 Å². The van der Waals surface area contributed by atoms with Gasteiger partial charge in [0.1, 0.15) is 15.9 Å². The summed E-state index contributed by atoms with van der Waals surface area (Å²) in [5.41, 5.74) is 0. The van der Waals surface area contributed by atoms with E-state index < -0.39 is 21.9 Å². The molecule has 0 saturated carbocycles. The molecule has 1 aliphatic heterocycles. The summed E-state index contributed by atoms with van der Waals surface area (Å²) in [6, 6.07) is -0.821. The topological polar surface area (TPSA) is 95.6 Å². The van der Waals surface area contributed by atoms with Gasteiger partial charge in [-0.1, -0.05) is 0 Å². The van der Waals surface area contributed by atoms with Crippen molar-refractivity contribution in [2.45, 2.75) is 51.6 Å². The fourth-order valence-corrected chi connectivity index (χ4v) is 3.19. The van der Waals surface area contributed by atoms with Crippen molar-refractivity contribution in [3.8, 4) is 0 Å². The molecular weight excluding hydrogens is 306 g/mol. The van der Waals surface area contributed by atoms with Crippen molar-refractivity contribution in [3.63, 3.8) is 0 Å². The van der Waals surface area contributed by atoms with Crippen molar-refractivity contribution >= 4 is 21.8 Å². The van der Waals surface area contributed by atoms with Gasteiger partial charge < -0.3 is 15.5 Å². The minimum Gasteiger partial charge on any atom is -0.338 e. The van der Waals surface area contributed by atoms with E-state index in [0.29, 0.717) is 6.42 Å². The Bertz CT molecular complexity index is 492. The van der Waals surface area contributed by atoms with Crippen molar-refractivity contribution in [1.82, 2.24) is 15.5 Å². The summed E-state index contributed by atoms with van der Waals surface area (Å²) in [5, 5.41) is 5.17. The number of carbonyl (C=O) groups is 2. The minimum atomic E-state index is -3.01. The molecule has 1 rings (SSSR count). The number of likely N-dealkylation sites (tertiary alicyclic amines) is 1. The Hall–Kier alpha value is -1.31. The highest BCUT2D eigenvalue weighted by Crippen LogP contribution is 2.17. The van der Waals surface area contributed by atoms with Gasteiger partial charge in [0.05, 0.1) is 5.75 Å². The Balaban J connectivity index is 2.32. The monoisotopic (exact) mass is 333 g/mol. The molecule has 0 unspecified atom stereocenters. The van der Waals surface area contributed by atoms with E-state index in [1.807, 2.05) is 11.8 Å². The van der Waals surface area contributed by atoms with E-state index in [-0.39, 0.29) is 24.2 Å². The lowest BCUT2D eigenvalue weighted by Gasteiger charge is -2.35. The maximum Gasteiger partial charge on any atom is 0.315 e. The molecular formula is C14H27N3O4S. The normalized spacial score (nSPS) is 20.3. The molecule has 0 spiro atoms. The third kappa shape index (κ3) is 6.64. The first-order valence-corrected chi connectivity index (χ1v) is 9.79. The molecule has 8 heteroatoms. The van der Waals surface area contributed by atoms with Gasteiger partial charge in [0.15, 0.2) is 0 Å². The second kappa shape index (κ2) is 8.36. The van der Waals surface area contributed by atoms with Gasteiger partial charge in [0.2, 0.25) is 5.91 Å². The second-order valence-corrected chi connectivity index (χ2v) is 8.24. The number of sulfone groups is 1. The van der Waals surface area contributed by atoms with Gasteiger partial charge >= 0.3 is 6.03 Å². The average molecular weight is 333 g/mol. The molecule has 1 heterocycles. The molecule has 2 N–H and O–H groups in total. The van der Waals surface area contributed by atoms with E-state index in [2.05, 4.69) is 10.6 Å². The zero-order valence-corrected chi connectivity index (χ0v) is 14.4. The van der Waals surface area contributed by atoms with Crippen molar-refractivity contribution in [2.24, 2.45) is 0 Å². The molecule has 0 radical (unpaired) electrons. The predicted octanol–water partition coefficient (Wildman–Crippen LogP) is 0.510. The van der Waals surface area contributed by atoms with Gasteiger partial charge in [-0.3, -0.25) is 4.79 Å². The van der Waals surface area contributed by atoms with Crippen LogP contribution < -0.4 is 10.6 Å². The molecule has 0 bridgehead atoms.